The van der Waals surface area contributed by atoms with Gasteiger partial charge in [0.05, 0.1) is 27.8 Å². The molecule has 1 aromatic heterocycles. The van der Waals surface area contributed by atoms with Gasteiger partial charge in [0.25, 0.3) is 5.91 Å². The standard InChI is InChI=1S/C19H20FN3O4S2/c1-4-23(5-2)29(25,26)13-7-8-15(20)14(11-13)18(24)22-19-21-16-9-6-12(27-3)10-17(16)28-19/h6-11H,4-5H2,1-3H3,(H,21,22,24). The molecule has 2 aromatic carbocycles. The molecule has 0 fully saturated rings. The average Bonchev–Trinajstić information content (AvgIpc) is 3.09. The molecule has 3 rings (SSSR count). The van der Waals surface area contributed by atoms with Crippen LogP contribution in [0.2, 0.25) is 0 Å². The fourth-order valence-electron chi connectivity index (χ4n) is 2.80. The van der Waals surface area contributed by atoms with Crippen LogP contribution in [0.3, 0.4) is 0 Å². The maximum Gasteiger partial charge on any atom is 0.260 e. The second-order valence-corrected chi connectivity index (χ2v) is 9.01. The number of nitrogens with zero attached hydrogens (tertiary/aromatic N) is 2. The predicted molar refractivity (Wildman–Crippen MR) is 111 cm³/mol. The van der Waals surface area contributed by atoms with Gasteiger partial charge in [0.1, 0.15) is 11.6 Å². The summed E-state index contributed by atoms with van der Waals surface area (Å²) in [6, 6.07) is 8.46. The molecule has 0 spiro atoms. The second-order valence-electron chi connectivity index (χ2n) is 6.04. The van der Waals surface area contributed by atoms with Crippen molar-refractivity contribution >= 4 is 42.6 Å². The van der Waals surface area contributed by atoms with Gasteiger partial charge in [-0.1, -0.05) is 25.2 Å². The van der Waals surface area contributed by atoms with Crippen LogP contribution in [0.5, 0.6) is 5.75 Å². The van der Waals surface area contributed by atoms with E-state index >= 15 is 0 Å². The maximum atomic E-state index is 14.3. The Bertz CT molecular complexity index is 1160. The third-order valence-electron chi connectivity index (χ3n) is 4.34. The number of fused-ring (bicyclic) bond motifs is 1. The first kappa shape index (κ1) is 21.2. The number of methoxy groups -OCH3 is 1. The number of rotatable bonds is 7. The third-order valence-corrected chi connectivity index (χ3v) is 7.32. The highest BCUT2D eigenvalue weighted by molar-refractivity contribution is 7.89. The number of thiazole rings is 1. The van der Waals surface area contributed by atoms with Gasteiger partial charge in [0.15, 0.2) is 5.13 Å². The first-order chi connectivity index (χ1) is 13.8. The van der Waals surface area contributed by atoms with Crippen LogP contribution in [0, 0.1) is 5.82 Å². The molecule has 0 aliphatic heterocycles. The topological polar surface area (TPSA) is 88.6 Å². The van der Waals surface area contributed by atoms with E-state index in [1.54, 1.807) is 39.2 Å². The summed E-state index contributed by atoms with van der Waals surface area (Å²) >= 11 is 1.21. The maximum absolute atomic E-state index is 14.3. The van der Waals surface area contributed by atoms with Crippen molar-refractivity contribution in [1.29, 1.82) is 0 Å². The molecule has 0 radical (unpaired) electrons. The van der Waals surface area contributed by atoms with Gasteiger partial charge in [-0.25, -0.2) is 17.8 Å². The van der Waals surface area contributed by atoms with Crippen LogP contribution in [0.4, 0.5) is 9.52 Å². The molecule has 154 valence electrons. The van der Waals surface area contributed by atoms with E-state index in [9.17, 15) is 17.6 Å². The molecule has 1 amide bonds. The average molecular weight is 438 g/mol. The Kier molecular flexibility index (Phi) is 6.15. The van der Waals surface area contributed by atoms with Gasteiger partial charge in [-0.3, -0.25) is 10.1 Å². The molecule has 0 unspecified atom stereocenters. The van der Waals surface area contributed by atoms with Crippen molar-refractivity contribution < 1.29 is 22.3 Å². The number of carbonyl (C=O) groups excluding carboxylic acids is 1. The lowest BCUT2D eigenvalue weighted by atomic mass is 10.2. The van der Waals surface area contributed by atoms with E-state index in [1.807, 2.05) is 0 Å². The lowest BCUT2D eigenvalue weighted by molar-refractivity contribution is 0.102. The summed E-state index contributed by atoms with van der Waals surface area (Å²) in [7, 11) is -2.27. The number of benzene rings is 2. The van der Waals surface area contributed by atoms with Crippen LogP contribution < -0.4 is 10.1 Å². The molecule has 0 saturated heterocycles. The summed E-state index contributed by atoms with van der Waals surface area (Å²) in [5.74, 6) is -0.937. The molecule has 0 aliphatic rings. The number of hydrogen-bond acceptors (Lipinski definition) is 6. The largest absolute Gasteiger partial charge is 0.497 e. The van der Waals surface area contributed by atoms with Crippen molar-refractivity contribution in [3.05, 3.63) is 47.8 Å². The lowest BCUT2D eigenvalue weighted by Crippen LogP contribution is -2.31. The molecule has 0 aliphatic carbocycles. The Balaban J connectivity index is 1.91. The summed E-state index contributed by atoms with van der Waals surface area (Å²) in [6.45, 7) is 3.96. The highest BCUT2D eigenvalue weighted by Gasteiger charge is 2.24. The second kappa shape index (κ2) is 8.44. The molecule has 3 aromatic rings. The van der Waals surface area contributed by atoms with Gasteiger partial charge in [0, 0.05) is 13.1 Å². The third kappa shape index (κ3) is 4.24. The minimum atomic E-state index is -3.82. The highest BCUT2D eigenvalue weighted by atomic mass is 32.2. The molecular formula is C19H20FN3O4S2. The van der Waals surface area contributed by atoms with E-state index in [1.165, 1.54) is 15.6 Å². The summed E-state index contributed by atoms with van der Waals surface area (Å²) in [4.78, 5) is 16.8. The van der Waals surface area contributed by atoms with E-state index in [0.717, 1.165) is 22.9 Å². The monoisotopic (exact) mass is 437 g/mol. The molecule has 7 nitrogen and oxygen atoms in total. The van der Waals surface area contributed by atoms with Crippen molar-refractivity contribution in [3.63, 3.8) is 0 Å². The van der Waals surface area contributed by atoms with Gasteiger partial charge >= 0.3 is 0 Å². The minimum Gasteiger partial charge on any atom is -0.497 e. The summed E-state index contributed by atoms with van der Waals surface area (Å²) < 4.78 is 46.8. The highest BCUT2D eigenvalue weighted by Crippen LogP contribution is 2.29. The van der Waals surface area contributed by atoms with E-state index < -0.39 is 21.7 Å². The number of amides is 1. The number of sulfonamides is 1. The number of carbonyl (C=O) groups is 1. The van der Waals surface area contributed by atoms with Gasteiger partial charge < -0.3 is 4.74 Å². The lowest BCUT2D eigenvalue weighted by Gasteiger charge is -2.18. The number of anilines is 1. The normalized spacial score (nSPS) is 11.8. The zero-order valence-electron chi connectivity index (χ0n) is 16.1. The summed E-state index contributed by atoms with van der Waals surface area (Å²) in [6.07, 6.45) is 0. The van der Waals surface area contributed by atoms with Crippen molar-refractivity contribution in [2.45, 2.75) is 18.7 Å². The minimum absolute atomic E-state index is 0.137. The number of ether oxygens (including phenoxy) is 1. The van der Waals surface area contributed by atoms with Gasteiger partial charge in [-0.05, 0) is 36.4 Å². The Morgan fingerprint density at radius 3 is 2.59 bits per heavy atom. The van der Waals surface area contributed by atoms with Crippen LogP contribution >= 0.6 is 11.3 Å². The first-order valence-electron chi connectivity index (χ1n) is 8.85. The SMILES string of the molecule is CCN(CC)S(=O)(=O)c1ccc(F)c(C(=O)Nc2nc3ccc(OC)cc3s2)c1. The zero-order chi connectivity index (χ0) is 21.2. The molecule has 0 saturated carbocycles. The Labute approximate surface area is 172 Å². The molecule has 1 heterocycles. The number of aromatic nitrogens is 1. The van der Waals surface area contributed by atoms with Crippen LogP contribution in [0.1, 0.15) is 24.2 Å². The first-order valence-corrected chi connectivity index (χ1v) is 11.1. The number of nitrogens with one attached hydrogen (secondary N) is 1. The molecule has 0 bridgehead atoms. The van der Waals surface area contributed by atoms with E-state index in [-0.39, 0.29) is 28.7 Å². The Morgan fingerprint density at radius 2 is 1.93 bits per heavy atom. The zero-order valence-corrected chi connectivity index (χ0v) is 17.7. The van der Waals surface area contributed by atoms with Gasteiger partial charge in [-0.15, -0.1) is 0 Å². The predicted octanol–water partition coefficient (Wildman–Crippen LogP) is 3.73. The number of halogens is 1. The Morgan fingerprint density at radius 1 is 1.21 bits per heavy atom. The molecular weight excluding hydrogens is 417 g/mol. The smallest absolute Gasteiger partial charge is 0.260 e. The van der Waals surface area contributed by atoms with E-state index in [4.69, 9.17) is 4.74 Å². The van der Waals surface area contributed by atoms with Gasteiger partial charge in [0.2, 0.25) is 10.0 Å². The van der Waals surface area contributed by atoms with E-state index in [2.05, 4.69) is 10.3 Å². The van der Waals surface area contributed by atoms with Crippen molar-refractivity contribution in [1.82, 2.24) is 9.29 Å². The van der Waals surface area contributed by atoms with Crippen LogP contribution in [0.25, 0.3) is 10.2 Å². The summed E-state index contributed by atoms with van der Waals surface area (Å²) in [5.41, 5.74) is 0.291. The molecule has 10 heteroatoms. The van der Waals surface area contributed by atoms with Gasteiger partial charge in [-0.2, -0.15) is 4.31 Å². The van der Waals surface area contributed by atoms with Crippen LogP contribution in [-0.2, 0) is 10.0 Å². The fourth-order valence-corrected chi connectivity index (χ4v) is 5.18. The number of hydrogen-bond donors (Lipinski definition) is 1. The van der Waals surface area contributed by atoms with Crippen molar-refractivity contribution in [3.8, 4) is 5.75 Å². The van der Waals surface area contributed by atoms with E-state index in [0.29, 0.717) is 11.3 Å². The molecule has 0 atom stereocenters. The summed E-state index contributed by atoms with van der Waals surface area (Å²) in [5, 5.41) is 2.81. The van der Waals surface area contributed by atoms with Crippen LogP contribution in [0.15, 0.2) is 41.3 Å². The van der Waals surface area contributed by atoms with Crippen LogP contribution in [-0.4, -0.2) is 43.8 Å². The fraction of sp³-hybridized carbons (Fsp3) is 0.263. The van der Waals surface area contributed by atoms with Crippen molar-refractivity contribution in [2.24, 2.45) is 0 Å². The molecule has 1 N–H and O–H groups in total. The molecule has 29 heavy (non-hydrogen) atoms. The Hall–Kier alpha value is -2.56. The quantitative estimate of drug-likeness (QED) is 0.609. The van der Waals surface area contributed by atoms with Crippen molar-refractivity contribution in [2.75, 3.05) is 25.5 Å².